The van der Waals surface area contributed by atoms with Crippen LogP contribution in [0.1, 0.15) is 30.5 Å². The quantitative estimate of drug-likeness (QED) is 0.657. The molecule has 0 spiro atoms. The van der Waals surface area contributed by atoms with Crippen LogP contribution in [-0.2, 0) is 11.3 Å². The lowest BCUT2D eigenvalue weighted by Gasteiger charge is -2.42. The second-order valence-electron chi connectivity index (χ2n) is 8.17. The summed E-state index contributed by atoms with van der Waals surface area (Å²) in [7, 11) is 0. The molecule has 2 aromatic heterocycles. The molecule has 4 heterocycles. The Labute approximate surface area is 169 Å². The van der Waals surface area contributed by atoms with Gasteiger partial charge in [0.25, 0.3) is 5.56 Å². The van der Waals surface area contributed by atoms with E-state index in [0.29, 0.717) is 12.5 Å². The molecule has 2 bridgehead atoms. The Kier molecular flexibility index (Phi) is 4.72. The van der Waals surface area contributed by atoms with E-state index in [4.69, 9.17) is 0 Å². The average molecular weight is 390 g/mol. The van der Waals surface area contributed by atoms with Crippen molar-refractivity contribution in [2.24, 2.45) is 5.92 Å². The second kappa shape index (κ2) is 7.52. The van der Waals surface area contributed by atoms with E-state index in [-0.39, 0.29) is 17.4 Å². The predicted molar refractivity (Wildman–Crippen MR) is 113 cm³/mol. The molecule has 2 aliphatic heterocycles. The van der Waals surface area contributed by atoms with Gasteiger partial charge in [-0.2, -0.15) is 0 Å². The third-order valence-corrected chi connectivity index (χ3v) is 6.37. The highest BCUT2D eigenvalue weighted by Crippen LogP contribution is 2.38. The van der Waals surface area contributed by atoms with Crippen LogP contribution < -0.4 is 16.2 Å². The van der Waals surface area contributed by atoms with Crippen LogP contribution in [0.3, 0.4) is 0 Å². The number of pyridine rings is 1. The topological polar surface area (TPSA) is 68.1 Å². The van der Waals surface area contributed by atoms with E-state index in [9.17, 15) is 9.59 Å². The SMILES string of the molecule is O=C(NCCCn1ccc2ccccc21)[C@H]1[C@@H]2CNC[C@@H](C2)c2cccc(=O)n21. The van der Waals surface area contributed by atoms with Crippen molar-refractivity contribution in [1.82, 2.24) is 19.8 Å². The summed E-state index contributed by atoms with van der Waals surface area (Å²) in [6.07, 6.45) is 3.90. The predicted octanol–water partition coefficient (Wildman–Crippen LogP) is 2.26. The number of aryl methyl sites for hydroxylation is 1. The maximum Gasteiger partial charge on any atom is 0.251 e. The smallest absolute Gasteiger partial charge is 0.251 e. The van der Waals surface area contributed by atoms with Gasteiger partial charge in [0.2, 0.25) is 5.91 Å². The first-order valence-corrected chi connectivity index (χ1v) is 10.5. The first kappa shape index (κ1) is 18.2. The number of hydrogen-bond donors (Lipinski definition) is 2. The lowest BCUT2D eigenvalue weighted by atomic mass is 9.79. The maximum atomic E-state index is 13.1. The number of carbonyl (C=O) groups is 1. The summed E-state index contributed by atoms with van der Waals surface area (Å²) in [5.41, 5.74) is 2.13. The Bertz CT molecular complexity index is 1100. The number of piperidine rings is 1. The summed E-state index contributed by atoms with van der Waals surface area (Å²) in [5, 5.41) is 7.76. The molecular formula is C23H26N4O2. The van der Waals surface area contributed by atoms with Crippen molar-refractivity contribution in [3.63, 3.8) is 0 Å². The van der Waals surface area contributed by atoms with Crippen molar-refractivity contribution < 1.29 is 4.79 Å². The van der Waals surface area contributed by atoms with E-state index < -0.39 is 6.04 Å². The Hall–Kier alpha value is -2.86. The van der Waals surface area contributed by atoms with Crippen molar-refractivity contribution in [3.8, 4) is 0 Å². The van der Waals surface area contributed by atoms with Gasteiger partial charge in [0.15, 0.2) is 0 Å². The average Bonchev–Trinajstić information content (AvgIpc) is 3.15. The first-order chi connectivity index (χ1) is 14.2. The van der Waals surface area contributed by atoms with Crippen LogP contribution in [0, 0.1) is 5.92 Å². The van der Waals surface area contributed by atoms with Crippen LogP contribution in [0.2, 0.25) is 0 Å². The van der Waals surface area contributed by atoms with Gasteiger partial charge < -0.3 is 15.2 Å². The van der Waals surface area contributed by atoms with Gasteiger partial charge in [0.05, 0.1) is 0 Å². The fraction of sp³-hybridized carbons (Fsp3) is 0.391. The Morgan fingerprint density at radius 3 is 2.93 bits per heavy atom. The van der Waals surface area contributed by atoms with Crippen LogP contribution in [0.15, 0.2) is 59.5 Å². The van der Waals surface area contributed by atoms with Crippen LogP contribution in [0.4, 0.5) is 0 Å². The van der Waals surface area contributed by atoms with E-state index in [1.54, 1.807) is 16.7 Å². The number of carbonyl (C=O) groups excluding carboxylic acids is 1. The number of fused-ring (bicyclic) bond motifs is 5. The Balaban J connectivity index is 1.27. The molecule has 0 aliphatic carbocycles. The molecule has 0 radical (unpaired) electrons. The summed E-state index contributed by atoms with van der Waals surface area (Å²) in [6.45, 7) is 3.11. The number of nitrogens with one attached hydrogen (secondary N) is 2. The number of benzene rings is 1. The third kappa shape index (κ3) is 3.27. The Morgan fingerprint density at radius 2 is 2.00 bits per heavy atom. The number of para-hydroxylation sites is 1. The van der Waals surface area contributed by atoms with E-state index in [2.05, 4.69) is 39.6 Å². The van der Waals surface area contributed by atoms with Crippen LogP contribution in [0.25, 0.3) is 10.9 Å². The molecule has 6 heteroatoms. The van der Waals surface area contributed by atoms with Gasteiger partial charge in [-0.15, -0.1) is 0 Å². The lowest BCUT2D eigenvalue weighted by Crippen LogP contribution is -2.52. The van der Waals surface area contributed by atoms with Crippen molar-refractivity contribution in [1.29, 1.82) is 0 Å². The molecule has 0 unspecified atom stereocenters. The van der Waals surface area contributed by atoms with Crippen molar-refractivity contribution in [2.75, 3.05) is 19.6 Å². The van der Waals surface area contributed by atoms with Gasteiger partial charge in [0.1, 0.15) is 6.04 Å². The van der Waals surface area contributed by atoms with E-state index in [0.717, 1.165) is 38.2 Å². The summed E-state index contributed by atoms with van der Waals surface area (Å²) >= 11 is 0. The number of nitrogens with zero attached hydrogens (tertiary/aromatic N) is 2. The monoisotopic (exact) mass is 390 g/mol. The second-order valence-corrected chi connectivity index (χ2v) is 8.17. The zero-order valence-corrected chi connectivity index (χ0v) is 16.4. The van der Waals surface area contributed by atoms with Crippen molar-refractivity contribution in [2.45, 2.75) is 31.3 Å². The van der Waals surface area contributed by atoms with E-state index in [1.807, 2.05) is 18.2 Å². The maximum absolute atomic E-state index is 13.1. The molecule has 3 aromatic rings. The molecule has 1 amide bonds. The molecule has 1 fully saturated rings. The number of amides is 1. The molecule has 2 aliphatic rings. The van der Waals surface area contributed by atoms with Gasteiger partial charge in [-0.3, -0.25) is 14.2 Å². The minimum atomic E-state index is -0.421. The number of aromatic nitrogens is 2. The fourth-order valence-corrected chi connectivity index (χ4v) is 5.03. The van der Waals surface area contributed by atoms with Gasteiger partial charge in [-0.05, 0) is 36.4 Å². The van der Waals surface area contributed by atoms with E-state index >= 15 is 0 Å². The minimum Gasteiger partial charge on any atom is -0.354 e. The highest BCUT2D eigenvalue weighted by Gasteiger charge is 2.41. The van der Waals surface area contributed by atoms with Crippen molar-refractivity contribution in [3.05, 3.63) is 70.8 Å². The Morgan fingerprint density at radius 1 is 1.10 bits per heavy atom. The molecule has 0 saturated carbocycles. The molecule has 150 valence electrons. The zero-order valence-electron chi connectivity index (χ0n) is 16.4. The van der Waals surface area contributed by atoms with Crippen LogP contribution >= 0.6 is 0 Å². The van der Waals surface area contributed by atoms with Gasteiger partial charge in [0, 0.05) is 61.5 Å². The van der Waals surface area contributed by atoms with Gasteiger partial charge in [-0.25, -0.2) is 0 Å². The summed E-state index contributed by atoms with van der Waals surface area (Å²) < 4.78 is 3.96. The molecule has 2 N–H and O–H groups in total. The summed E-state index contributed by atoms with van der Waals surface area (Å²) in [4.78, 5) is 25.7. The highest BCUT2D eigenvalue weighted by atomic mass is 16.2. The lowest BCUT2D eigenvalue weighted by molar-refractivity contribution is -0.127. The fourth-order valence-electron chi connectivity index (χ4n) is 5.03. The zero-order chi connectivity index (χ0) is 19.8. The molecule has 5 rings (SSSR count). The molecule has 3 atom stereocenters. The van der Waals surface area contributed by atoms with E-state index in [1.165, 1.54) is 10.9 Å². The highest BCUT2D eigenvalue weighted by molar-refractivity contribution is 5.81. The first-order valence-electron chi connectivity index (χ1n) is 10.5. The minimum absolute atomic E-state index is 0.0379. The molecule has 1 aromatic carbocycles. The van der Waals surface area contributed by atoms with Gasteiger partial charge in [-0.1, -0.05) is 24.3 Å². The number of hydrogen-bond acceptors (Lipinski definition) is 3. The molecule has 29 heavy (non-hydrogen) atoms. The van der Waals surface area contributed by atoms with Crippen molar-refractivity contribution >= 4 is 16.8 Å². The van der Waals surface area contributed by atoms with Crippen LogP contribution in [0.5, 0.6) is 0 Å². The van der Waals surface area contributed by atoms with Gasteiger partial charge >= 0.3 is 0 Å². The van der Waals surface area contributed by atoms with Crippen LogP contribution in [-0.4, -0.2) is 34.7 Å². The number of rotatable bonds is 5. The summed E-state index contributed by atoms with van der Waals surface area (Å²) in [6, 6.07) is 15.4. The third-order valence-electron chi connectivity index (χ3n) is 6.37. The molecular weight excluding hydrogens is 364 g/mol. The molecule has 1 saturated heterocycles. The normalized spacial score (nSPS) is 23.0. The molecule has 6 nitrogen and oxygen atoms in total. The largest absolute Gasteiger partial charge is 0.354 e. The standard InChI is InChI=1S/C23H26N4O2/c28-21-8-3-7-20-17-13-18(15-24-14-17)22(27(20)21)23(29)25-10-4-11-26-12-9-16-5-1-2-6-19(16)26/h1-3,5-9,12,17-18,22,24H,4,10-11,13-15H2,(H,25,29)/t17-,18+,22-/m1/s1. The summed E-state index contributed by atoms with van der Waals surface area (Å²) in [5.74, 6) is 0.438.